The number of hydrogen-bond acceptors (Lipinski definition) is 6. The zero-order valence-electron chi connectivity index (χ0n) is 17.8. The first-order chi connectivity index (χ1) is 15.3. The number of fused-ring (bicyclic) bond motifs is 1. The molecule has 2 aliphatic heterocycles. The van der Waals surface area contributed by atoms with Crippen LogP contribution in [0.25, 0.3) is 0 Å². The summed E-state index contributed by atoms with van der Waals surface area (Å²) in [6.07, 6.45) is 0.355. The lowest BCUT2D eigenvalue weighted by Crippen LogP contribution is -2.45. The maximum Gasteiger partial charge on any atom is 0.265 e. The van der Waals surface area contributed by atoms with E-state index in [0.29, 0.717) is 30.0 Å². The van der Waals surface area contributed by atoms with Crippen molar-refractivity contribution in [2.75, 3.05) is 19.0 Å². The summed E-state index contributed by atoms with van der Waals surface area (Å²) in [6.45, 7) is 2.08. The van der Waals surface area contributed by atoms with Crippen LogP contribution in [0.15, 0.2) is 47.4 Å². The number of sulfonamides is 1. The van der Waals surface area contributed by atoms with E-state index >= 15 is 0 Å². The molecule has 0 saturated carbocycles. The molecule has 0 aromatic heterocycles. The molecule has 2 aliphatic rings. The van der Waals surface area contributed by atoms with Gasteiger partial charge in [0.05, 0.1) is 17.7 Å². The molecule has 2 heterocycles. The van der Waals surface area contributed by atoms with Crippen molar-refractivity contribution >= 4 is 27.5 Å². The lowest BCUT2D eigenvalue weighted by molar-refractivity contribution is -0.124. The molecular weight excluding hydrogens is 434 g/mol. The molecule has 2 amide bonds. The molecule has 0 spiro atoms. The van der Waals surface area contributed by atoms with Gasteiger partial charge in [-0.15, -0.1) is 0 Å². The van der Waals surface area contributed by atoms with E-state index in [1.165, 1.54) is 22.5 Å². The van der Waals surface area contributed by atoms with Gasteiger partial charge < -0.3 is 20.1 Å². The molecule has 0 unspecified atom stereocenters. The molecule has 0 bridgehead atoms. The van der Waals surface area contributed by atoms with Gasteiger partial charge >= 0.3 is 0 Å². The number of rotatable bonds is 6. The molecule has 170 valence electrons. The molecule has 2 atom stereocenters. The minimum Gasteiger partial charge on any atom is -0.496 e. The zero-order chi connectivity index (χ0) is 22.9. The Bertz CT molecular complexity index is 1150. The van der Waals surface area contributed by atoms with E-state index in [-0.39, 0.29) is 29.8 Å². The highest BCUT2D eigenvalue weighted by Gasteiger charge is 2.40. The number of amides is 2. The number of hydrogen-bond donors (Lipinski definition) is 2. The van der Waals surface area contributed by atoms with Gasteiger partial charge in [-0.2, -0.15) is 4.31 Å². The average Bonchev–Trinajstić information content (AvgIpc) is 3.29. The Morgan fingerprint density at radius 3 is 2.84 bits per heavy atom. The zero-order valence-corrected chi connectivity index (χ0v) is 18.6. The molecule has 2 aromatic carbocycles. The first-order valence-electron chi connectivity index (χ1n) is 10.3. The quantitative estimate of drug-likeness (QED) is 0.682. The average molecular weight is 460 g/mol. The Hall–Kier alpha value is -3.11. The summed E-state index contributed by atoms with van der Waals surface area (Å²) in [7, 11) is -2.40. The molecule has 1 saturated heterocycles. The number of carbonyl (C=O) groups is 2. The largest absolute Gasteiger partial charge is 0.496 e. The summed E-state index contributed by atoms with van der Waals surface area (Å²) >= 11 is 0. The summed E-state index contributed by atoms with van der Waals surface area (Å²) in [5, 5.41) is 5.49. The van der Waals surface area contributed by atoms with Crippen molar-refractivity contribution < 1.29 is 27.5 Å². The van der Waals surface area contributed by atoms with Gasteiger partial charge in [-0.05, 0) is 44.0 Å². The van der Waals surface area contributed by atoms with Gasteiger partial charge in [0.25, 0.3) is 5.91 Å². The normalized spacial score (nSPS) is 20.8. The second-order valence-corrected chi connectivity index (χ2v) is 9.60. The minimum absolute atomic E-state index is 0.000804. The Labute approximate surface area is 186 Å². The van der Waals surface area contributed by atoms with E-state index in [9.17, 15) is 18.0 Å². The minimum atomic E-state index is -3.95. The summed E-state index contributed by atoms with van der Waals surface area (Å²) < 4.78 is 38.7. The number of para-hydroxylation sites is 1. The third kappa shape index (κ3) is 4.15. The van der Waals surface area contributed by atoms with Crippen LogP contribution in [-0.4, -0.2) is 50.3 Å². The van der Waals surface area contributed by atoms with E-state index in [1.807, 2.05) is 18.2 Å². The fourth-order valence-corrected chi connectivity index (χ4v) is 5.61. The van der Waals surface area contributed by atoms with Crippen LogP contribution in [0.1, 0.15) is 25.3 Å². The maximum atomic E-state index is 13.3. The van der Waals surface area contributed by atoms with Gasteiger partial charge in [-0.3, -0.25) is 9.59 Å². The van der Waals surface area contributed by atoms with E-state index in [4.69, 9.17) is 9.47 Å². The highest BCUT2D eigenvalue weighted by molar-refractivity contribution is 7.89. The van der Waals surface area contributed by atoms with Crippen LogP contribution in [0.3, 0.4) is 0 Å². The topological polar surface area (TPSA) is 114 Å². The van der Waals surface area contributed by atoms with Crippen LogP contribution in [0.5, 0.6) is 11.5 Å². The Kier molecular flexibility index (Phi) is 6.07. The number of anilines is 1. The number of carbonyl (C=O) groups excluding carboxylic acids is 2. The maximum absolute atomic E-state index is 13.3. The summed E-state index contributed by atoms with van der Waals surface area (Å²) in [6, 6.07) is 10.8. The highest BCUT2D eigenvalue weighted by Crippen LogP contribution is 2.34. The van der Waals surface area contributed by atoms with Gasteiger partial charge in [0.1, 0.15) is 17.5 Å². The number of ether oxygens (including phenoxy) is 2. The molecule has 10 heteroatoms. The van der Waals surface area contributed by atoms with Gasteiger partial charge in [0, 0.05) is 18.7 Å². The van der Waals surface area contributed by atoms with Crippen molar-refractivity contribution in [2.24, 2.45) is 0 Å². The van der Waals surface area contributed by atoms with Crippen molar-refractivity contribution in [1.82, 2.24) is 9.62 Å². The third-order valence-corrected chi connectivity index (χ3v) is 7.54. The van der Waals surface area contributed by atoms with Gasteiger partial charge in [-0.25, -0.2) is 8.42 Å². The second-order valence-electron chi connectivity index (χ2n) is 7.71. The van der Waals surface area contributed by atoms with Crippen LogP contribution in [0.2, 0.25) is 0 Å². The summed E-state index contributed by atoms with van der Waals surface area (Å²) in [4.78, 5) is 24.8. The molecular formula is C22H25N3O6S. The van der Waals surface area contributed by atoms with E-state index in [2.05, 4.69) is 10.6 Å². The van der Waals surface area contributed by atoms with Crippen molar-refractivity contribution in [2.45, 2.75) is 43.4 Å². The Morgan fingerprint density at radius 2 is 2.06 bits per heavy atom. The Balaban J connectivity index is 1.51. The van der Waals surface area contributed by atoms with Gasteiger partial charge in [-0.1, -0.05) is 18.2 Å². The first kappa shape index (κ1) is 22.1. The van der Waals surface area contributed by atoms with Crippen LogP contribution in [-0.2, 0) is 26.2 Å². The predicted octanol–water partition coefficient (Wildman–Crippen LogP) is 1.88. The molecule has 2 N–H and O–H groups in total. The van der Waals surface area contributed by atoms with Crippen LogP contribution >= 0.6 is 0 Å². The van der Waals surface area contributed by atoms with E-state index in [0.717, 1.165) is 5.56 Å². The van der Waals surface area contributed by atoms with Crippen LogP contribution < -0.4 is 20.1 Å². The molecule has 2 aromatic rings. The van der Waals surface area contributed by atoms with Crippen LogP contribution in [0.4, 0.5) is 5.69 Å². The fraction of sp³-hybridized carbons (Fsp3) is 0.364. The number of methoxy groups -OCH3 is 1. The van der Waals surface area contributed by atoms with Crippen molar-refractivity contribution in [3.05, 3.63) is 48.0 Å². The lowest BCUT2D eigenvalue weighted by atomic mass is 10.2. The van der Waals surface area contributed by atoms with Gasteiger partial charge in [0.2, 0.25) is 15.9 Å². The lowest BCUT2D eigenvalue weighted by Gasteiger charge is -2.26. The monoisotopic (exact) mass is 459 g/mol. The fourth-order valence-electron chi connectivity index (χ4n) is 3.92. The molecule has 1 fully saturated rings. The van der Waals surface area contributed by atoms with Crippen molar-refractivity contribution in [3.63, 3.8) is 0 Å². The standard InChI is InChI=1S/C22H25N3O6S/c1-14-21(26)24-17-12-16(9-10-20(17)31-14)32(28,29)25-11-5-7-18(25)22(27)23-13-15-6-3-4-8-19(15)30-2/h3-4,6,8-10,12,14,18H,5,7,11,13H2,1-2H3,(H,23,27)(H,24,26)/t14-,18+/m1/s1. The molecule has 0 radical (unpaired) electrons. The summed E-state index contributed by atoms with van der Waals surface area (Å²) in [5.74, 6) is 0.349. The molecule has 0 aliphatic carbocycles. The predicted molar refractivity (Wildman–Crippen MR) is 117 cm³/mol. The van der Waals surface area contributed by atoms with E-state index in [1.54, 1.807) is 20.1 Å². The third-order valence-electron chi connectivity index (χ3n) is 5.64. The SMILES string of the molecule is COc1ccccc1CNC(=O)[C@@H]1CCCN1S(=O)(=O)c1ccc2c(c1)NC(=O)[C@@H](C)O2. The van der Waals surface area contributed by atoms with Crippen LogP contribution in [0, 0.1) is 0 Å². The smallest absolute Gasteiger partial charge is 0.265 e. The Morgan fingerprint density at radius 1 is 1.28 bits per heavy atom. The molecule has 32 heavy (non-hydrogen) atoms. The van der Waals surface area contributed by atoms with E-state index < -0.39 is 22.2 Å². The second kappa shape index (κ2) is 8.79. The number of nitrogens with zero attached hydrogens (tertiary/aromatic N) is 1. The highest BCUT2D eigenvalue weighted by atomic mass is 32.2. The number of nitrogens with one attached hydrogen (secondary N) is 2. The number of benzene rings is 2. The van der Waals surface area contributed by atoms with Crippen molar-refractivity contribution in [1.29, 1.82) is 0 Å². The summed E-state index contributed by atoms with van der Waals surface area (Å²) in [5.41, 5.74) is 1.10. The molecule has 4 rings (SSSR count). The van der Waals surface area contributed by atoms with Gasteiger partial charge in [0.15, 0.2) is 6.10 Å². The first-order valence-corrected chi connectivity index (χ1v) is 11.8. The molecule has 9 nitrogen and oxygen atoms in total. The van der Waals surface area contributed by atoms with Crippen molar-refractivity contribution in [3.8, 4) is 11.5 Å².